The second-order valence-corrected chi connectivity index (χ2v) is 4.73. The number of halogens is 3. The number of carbonyl (C=O) groups is 1. The molecule has 0 spiro atoms. The Morgan fingerprint density at radius 3 is 2.30 bits per heavy atom. The standard InChI is InChI=1S/C16H13F3O/c1-10-6-7-14(11(2)8-10)15(20)12-4-3-5-13(9-12)16(17,18)19/h3-9H,1-2H3. The molecule has 0 aliphatic heterocycles. The highest BCUT2D eigenvalue weighted by Crippen LogP contribution is 2.30. The van der Waals surface area contributed by atoms with Crippen LogP contribution in [0.4, 0.5) is 13.2 Å². The van der Waals surface area contributed by atoms with Crippen LogP contribution in [0.5, 0.6) is 0 Å². The fourth-order valence-corrected chi connectivity index (χ4v) is 2.06. The van der Waals surface area contributed by atoms with E-state index in [1.165, 1.54) is 12.1 Å². The van der Waals surface area contributed by atoms with E-state index in [1.807, 2.05) is 13.0 Å². The van der Waals surface area contributed by atoms with E-state index in [2.05, 4.69) is 0 Å². The lowest BCUT2D eigenvalue weighted by molar-refractivity contribution is -0.137. The summed E-state index contributed by atoms with van der Waals surface area (Å²) in [5.74, 6) is -0.395. The van der Waals surface area contributed by atoms with Crippen LogP contribution in [0.25, 0.3) is 0 Å². The molecule has 20 heavy (non-hydrogen) atoms. The average Bonchev–Trinajstić information content (AvgIpc) is 2.37. The maximum Gasteiger partial charge on any atom is 0.416 e. The number of carbonyl (C=O) groups excluding carboxylic acids is 1. The zero-order valence-corrected chi connectivity index (χ0v) is 11.1. The molecule has 0 atom stereocenters. The molecule has 0 fully saturated rings. The van der Waals surface area contributed by atoms with Gasteiger partial charge in [-0.3, -0.25) is 4.79 Å². The van der Waals surface area contributed by atoms with Crippen LogP contribution in [0.3, 0.4) is 0 Å². The van der Waals surface area contributed by atoms with E-state index >= 15 is 0 Å². The molecule has 4 heteroatoms. The summed E-state index contributed by atoms with van der Waals surface area (Å²) in [5, 5.41) is 0. The lowest BCUT2D eigenvalue weighted by Gasteiger charge is -2.09. The quantitative estimate of drug-likeness (QED) is 0.736. The van der Waals surface area contributed by atoms with Gasteiger partial charge in [0.2, 0.25) is 0 Å². The molecule has 0 saturated carbocycles. The Morgan fingerprint density at radius 2 is 1.70 bits per heavy atom. The van der Waals surface area contributed by atoms with Gasteiger partial charge in [0.1, 0.15) is 0 Å². The molecule has 0 N–H and O–H groups in total. The van der Waals surface area contributed by atoms with Crippen molar-refractivity contribution in [2.75, 3.05) is 0 Å². The van der Waals surface area contributed by atoms with Gasteiger partial charge in [-0.2, -0.15) is 13.2 Å². The average molecular weight is 278 g/mol. The predicted octanol–water partition coefficient (Wildman–Crippen LogP) is 4.55. The minimum Gasteiger partial charge on any atom is -0.289 e. The molecule has 0 amide bonds. The molecule has 0 saturated heterocycles. The minimum atomic E-state index is -4.45. The van der Waals surface area contributed by atoms with E-state index in [4.69, 9.17) is 0 Å². The third-order valence-electron chi connectivity index (χ3n) is 3.08. The van der Waals surface area contributed by atoms with Gasteiger partial charge < -0.3 is 0 Å². The predicted molar refractivity (Wildman–Crippen MR) is 70.8 cm³/mol. The fraction of sp³-hybridized carbons (Fsp3) is 0.188. The topological polar surface area (TPSA) is 17.1 Å². The van der Waals surface area contributed by atoms with Crippen LogP contribution in [0, 0.1) is 13.8 Å². The van der Waals surface area contributed by atoms with Gasteiger partial charge in [0.15, 0.2) is 5.78 Å². The van der Waals surface area contributed by atoms with Gasteiger partial charge in [0.05, 0.1) is 5.56 Å². The van der Waals surface area contributed by atoms with E-state index in [-0.39, 0.29) is 5.56 Å². The summed E-state index contributed by atoms with van der Waals surface area (Å²) in [4.78, 5) is 12.3. The molecule has 0 aliphatic rings. The molecule has 2 aromatic carbocycles. The molecule has 104 valence electrons. The smallest absolute Gasteiger partial charge is 0.289 e. The first-order valence-corrected chi connectivity index (χ1v) is 6.08. The van der Waals surface area contributed by atoms with Crippen LogP contribution < -0.4 is 0 Å². The minimum absolute atomic E-state index is 0.0479. The summed E-state index contributed by atoms with van der Waals surface area (Å²) in [7, 11) is 0. The van der Waals surface area contributed by atoms with Crippen LogP contribution in [-0.4, -0.2) is 5.78 Å². The van der Waals surface area contributed by atoms with E-state index in [1.54, 1.807) is 19.1 Å². The molecule has 0 radical (unpaired) electrons. The molecule has 1 nitrogen and oxygen atoms in total. The molecule has 2 aromatic rings. The van der Waals surface area contributed by atoms with Crippen molar-refractivity contribution < 1.29 is 18.0 Å². The zero-order chi connectivity index (χ0) is 14.9. The van der Waals surface area contributed by atoms with Crippen molar-refractivity contribution in [3.8, 4) is 0 Å². The Hall–Kier alpha value is -2.10. The number of alkyl halides is 3. The number of ketones is 1. The molecule has 0 bridgehead atoms. The maximum atomic E-state index is 12.7. The number of aryl methyl sites for hydroxylation is 2. The van der Waals surface area contributed by atoms with Crippen LogP contribution in [0.2, 0.25) is 0 Å². The summed E-state index contributed by atoms with van der Waals surface area (Å²) < 4.78 is 38.0. The SMILES string of the molecule is Cc1ccc(C(=O)c2cccc(C(F)(F)F)c2)c(C)c1. The van der Waals surface area contributed by atoms with Crippen molar-refractivity contribution in [2.24, 2.45) is 0 Å². The van der Waals surface area contributed by atoms with Crippen molar-refractivity contribution in [2.45, 2.75) is 20.0 Å². The monoisotopic (exact) mass is 278 g/mol. The Kier molecular flexibility index (Phi) is 3.66. The molecule has 0 heterocycles. The molecular weight excluding hydrogens is 265 g/mol. The third-order valence-corrected chi connectivity index (χ3v) is 3.08. The van der Waals surface area contributed by atoms with Crippen molar-refractivity contribution in [1.82, 2.24) is 0 Å². The maximum absolute atomic E-state index is 12.7. The molecule has 0 aliphatic carbocycles. The highest BCUT2D eigenvalue weighted by atomic mass is 19.4. The number of hydrogen-bond acceptors (Lipinski definition) is 1. The van der Waals surface area contributed by atoms with E-state index < -0.39 is 17.5 Å². The van der Waals surface area contributed by atoms with Crippen LogP contribution in [0.1, 0.15) is 32.6 Å². The Morgan fingerprint density at radius 1 is 1.00 bits per heavy atom. The highest BCUT2D eigenvalue weighted by molar-refractivity contribution is 6.10. The van der Waals surface area contributed by atoms with Crippen LogP contribution in [-0.2, 0) is 6.18 Å². The lowest BCUT2D eigenvalue weighted by Crippen LogP contribution is -2.09. The van der Waals surface area contributed by atoms with Gasteiger partial charge in [-0.15, -0.1) is 0 Å². The third kappa shape index (κ3) is 2.90. The zero-order valence-electron chi connectivity index (χ0n) is 11.1. The fourth-order valence-electron chi connectivity index (χ4n) is 2.06. The normalized spacial score (nSPS) is 11.4. The summed E-state index contributed by atoms with van der Waals surface area (Å²) >= 11 is 0. The van der Waals surface area contributed by atoms with E-state index in [9.17, 15) is 18.0 Å². The largest absolute Gasteiger partial charge is 0.416 e. The van der Waals surface area contributed by atoms with Crippen molar-refractivity contribution in [3.05, 3.63) is 70.3 Å². The second-order valence-electron chi connectivity index (χ2n) is 4.73. The first kappa shape index (κ1) is 14.3. The molecule has 0 unspecified atom stereocenters. The lowest BCUT2D eigenvalue weighted by atomic mass is 9.96. The number of rotatable bonds is 2. The van der Waals surface area contributed by atoms with E-state index in [0.717, 1.165) is 23.3 Å². The first-order chi connectivity index (χ1) is 9.29. The molecule has 0 aromatic heterocycles. The van der Waals surface area contributed by atoms with Crippen LogP contribution >= 0.6 is 0 Å². The van der Waals surface area contributed by atoms with Gasteiger partial charge >= 0.3 is 6.18 Å². The van der Waals surface area contributed by atoms with Gasteiger partial charge in [0, 0.05) is 11.1 Å². The van der Waals surface area contributed by atoms with Gasteiger partial charge in [-0.05, 0) is 31.5 Å². The first-order valence-electron chi connectivity index (χ1n) is 6.08. The van der Waals surface area contributed by atoms with Gasteiger partial charge in [0.25, 0.3) is 0 Å². The van der Waals surface area contributed by atoms with Crippen molar-refractivity contribution >= 4 is 5.78 Å². The molecule has 2 rings (SSSR count). The van der Waals surface area contributed by atoms with Gasteiger partial charge in [-0.1, -0.05) is 35.9 Å². The van der Waals surface area contributed by atoms with Crippen molar-refractivity contribution in [3.63, 3.8) is 0 Å². The number of benzene rings is 2. The Labute approximate surface area is 115 Å². The Balaban J connectivity index is 2.44. The van der Waals surface area contributed by atoms with Crippen molar-refractivity contribution in [1.29, 1.82) is 0 Å². The van der Waals surface area contributed by atoms with Gasteiger partial charge in [-0.25, -0.2) is 0 Å². The highest BCUT2D eigenvalue weighted by Gasteiger charge is 2.31. The molecular formula is C16H13F3O. The summed E-state index contributed by atoms with van der Waals surface area (Å²) in [6.45, 7) is 3.67. The Bertz CT molecular complexity index is 657. The van der Waals surface area contributed by atoms with E-state index in [0.29, 0.717) is 5.56 Å². The summed E-state index contributed by atoms with van der Waals surface area (Å²) in [6.07, 6.45) is -4.45. The number of hydrogen-bond donors (Lipinski definition) is 0. The summed E-state index contributed by atoms with van der Waals surface area (Å²) in [6, 6.07) is 9.75. The van der Waals surface area contributed by atoms with Crippen LogP contribution in [0.15, 0.2) is 42.5 Å². The second kappa shape index (κ2) is 5.12. The summed E-state index contributed by atoms with van der Waals surface area (Å²) in [5.41, 5.74) is 1.42.